The van der Waals surface area contributed by atoms with Crippen LogP contribution in [-0.2, 0) is 0 Å². The molecule has 3 rings (SSSR count). The van der Waals surface area contributed by atoms with Crippen LogP contribution in [0.25, 0.3) is 5.57 Å². The molecule has 0 aromatic carbocycles. The molecule has 1 aliphatic heterocycles. The van der Waals surface area contributed by atoms with E-state index in [0.29, 0.717) is 5.82 Å². The molecular weight excluding hydrogens is 310 g/mol. The van der Waals surface area contributed by atoms with Gasteiger partial charge in [-0.2, -0.15) is 5.26 Å². The minimum absolute atomic E-state index is 0.495. The smallest absolute Gasteiger partial charge is 0.123 e. The Labute approximate surface area is 149 Å². The second-order valence-corrected chi connectivity index (χ2v) is 6.73. The van der Waals surface area contributed by atoms with Crippen LogP contribution in [0, 0.1) is 11.3 Å². The van der Waals surface area contributed by atoms with Gasteiger partial charge in [-0.25, -0.2) is 4.98 Å². The molecule has 1 aromatic rings. The Hall–Kier alpha value is -2.42. The number of likely N-dealkylation sites (N-methyl/N-ethyl adjacent to an activating group) is 1. The summed E-state index contributed by atoms with van der Waals surface area (Å²) in [6.07, 6.45) is 10.0. The lowest BCUT2D eigenvalue weighted by Gasteiger charge is -2.20. The summed E-state index contributed by atoms with van der Waals surface area (Å²) < 4.78 is 0. The summed E-state index contributed by atoms with van der Waals surface area (Å²) in [5.41, 5.74) is 9.56. The van der Waals surface area contributed by atoms with Crippen molar-refractivity contribution in [3.8, 4) is 6.07 Å². The lowest BCUT2D eigenvalue weighted by molar-refractivity contribution is 0.296. The molecule has 2 aliphatic rings. The van der Waals surface area contributed by atoms with Crippen molar-refractivity contribution in [2.75, 3.05) is 45.5 Å². The molecule has 0 bridgehead atoms. The van der Waals surface area contributed by atoms with Gasteiger partial charge in [0.1, 0.15) is 5.82 Å². The summed E-state index contributed by atoms with van der Waals surface area (Å²) in [7, 11) is 2.18. The molecule has 0 saturated carbocycles. The average molecular weight is 335 g/mol. The van der Waals surface area contributed by atoms with Gasteiger partial charge < -0.3 is 10.6 Å². The molecule has 0 unspecified atom stereocenters. The monoisotopic (exact) mass is 335 g/mol. The number of hydrogen-bond donors (Lipinski definition) is 1. The molecule has 0 spiro atoms. The summed E-state index contributed by atoms with van der Waals surface area (Å²) >= 11 is 0. The topological polar surface area (TPSA) is 69.2 Å². The van der Waals surface area contributed by atoms with Crippen LogP contribution in [0.4, 0.5) is 5.82 Å². The van der Waals surface area contributed by atoms with Crippen LogP contribution in [0.5, 0.6) is 0 Å². The summed E-state index contributed by atoms with van der Waals surface area (Å²) in [6, 6.07) is 6.09. The van der Waals surface area contributed by atoms with Crippen LogP contribution >= 0.6 is 0 Å². The van der Waals surface area contributed by atoms with E-state index >= 15 is 0 Å². The van der Waals surface area contributed by atoms with E-state index in [1.807, 2.05) is 12.1 Å². The van der Waals surface area contributed by atoms with Gasteiger partial charge in [-0.15, -0.1) is 0 Å². The zero-order valence-electron chi connectivity index (χ0n) is 14.8. The van der Waals surface area contributed by atoms with Gasteiger partial charge in [-0.3, -0.25) is 4.90 Å². The highest BCUT2D eigenvalue weighted by Crippen LogP contribution is 2.27. The number of hydrogen-bond acceptors (Lipinski definition) is 5. The zero-order valence-corrected chi connectivity index (χ0v) is 14.8. The number of nitrogens with zero attached hydrogens (tertiary/aromatic N) is 4. The third kappa shape index (κ3) is 4.56. The second-order valence-electron chi connectivity index (χ2n) is 6.73. The molecule has 2 N–H and O–H groups in total. The summed E-state index contributed by atoms with van der Waals surface area (Å²) in [5.74, 6) is 0.495. The number of nitrogen functional groups attached to an aromatic ring is 1. The van der Waals surface area contributed by atoms with Crippen molar-refractivity contribution in [2.45, 2.75) is 12.8 Å². The molecule has 1 aliphatic carbocycles. The Balaban J connectivity index is 1.81. The van der Waals surface area contributed by atoms with Crippen LogP contribution in [0.1, 0.15) is 18.4 Å². The minimum atomic E-state index is 0.495. The van der Waals surface area contributed by atoms with Crippen LogP contribution in [0.2, 0.25) is 0 Å². The molecule has 0 amide bonds. The van der Waals surface area contributed by atoms with Gasteiger partial charge in [0.05, 0.1) is 11.6 Å². The zero-order chi connectivity index (χ0) is 17.6. The molecule has 25 heavy (non-hydrogen) atoms. The number of aromatic nitrogens is 1. The van der Waals surface area contributed by atoms with E-state index in [9.17, 15) is 5.26 Å². The number of pyridine rings is 1. The molecule has 1 saturated heterocycles. The Kier molecular flexibility index (Phi) is 5.64. The Morgan fingerprint density at radius 3 is 2.88 bits per heavy atom. The molecule has 2 heterocycles. The van der Waals surface area contributed by atoms with Crippen LogP contribution in [0.15, 0.2) is 47.7 Å². The highest BCUT2D eigenvalue weighted by atomic mass is 15.2. The molecule has 130 valence electrons. The first-order valence-corrected chi connectivity index (χ1v) is 8.79. The Morgan fingerprint density at radius 1 is 1.24 bits per heavy atom. The van der Waals surface area contributed by atoms with Gasteiger partial charge in [-0.05, 0) is 67.9 Å². The van der Waals surface area contributed by atoms with E-state index in [4.69, 9.17) is 5.73 Å². The maximum absolute atomic E-state index is 9.66. The fourth-order valence-corrected chi connectivity index (χ4v) is 3.33. The van der Waals surface area contributed by atoms with Gasteiger partial charge in [0.2, 0.25) is 0 Å². The summed E-state index contributed by atoms with van der Waals surface area (Å²) in [4.78, 5) is 9.02. The lowest BCUT2D eigenvalue weighted by Crippen LogP contribution is -2.30. The summed E-state index contributed by atoms with van der Waals surface area (Å²) in [6.45, 7) is 5.32. The molecule has 5 nitrogen and oxygen atoms in total. The van der Waals surface area contributed by atoms with Crippen molar-refractivity contribution in [1.29, 1.82) is 5.26 Å². The molecule has 5 heteroatoms. The third-order valence-corrected chi connectivity index (χ3v) is 4.78. The fraction of sp³-hybridized carbons (Fsp3) is 0.400. The fourth-order valence-electron chi connectivity index (χ4n) is 3.33. The van der Waals surface area contributed by atoms with Gasteiger partial charge in [0.25, 0.3) is 0 Å². The quantitative estimate of drug-likeness (QED) is 0.919. The second kappa shape index (κ2) is 8.11. The summed E-state index contributed by atoms with van der Waals surface area (Å²) in [5, 5.41) is 9.66. The molecule has 1 aromatic heterocycles. The normalized spacial score (nSPS) is 19.9. The number of anilines is 1. The SMILES string of the molecule is CN1CCCN(CC2=CC(C#N)=C(c3ccc(N)nc3)CC=C2)CC1. The van der Waals surface area contributed by atoms with E-state index in [-0.39, 0.29) is 0 Å². The van der Waals surface area contributed by atoms with Crippen LogP contribution in [-0.4, -0.2) is 54.6 Å². The minimum Gasteiger partial charge on any atom is -0.384 e. The largest absolute Gasteiger partial charge is 0.384 e. The maximum Gasteiger partial charge on any atom is 0.123 e. The molecule has 0 atom stereocenters. The van der Waals surface area contributed by atoms with Crippen LogP contribution < -0.4 is 5.73 Å². The maximum atomic E-state index is 9.66. The number of nitriles is 1. The standard InChI is InChI=1S/C20H25N5/c1-24-8-3-9-25(11-10-24)15-16-4-2-5-19(18(12-16)13-21)17-6-7-20(22)23-14-17/h2,4,6-7,12,14H,3,5,8-11,15H2,1H3,(H2,22,23). The third-order valence-electron chi connectivity index (χ3n) is 4.78. The number of allylic oxidation sites excluding steroid dienone is 4. The molecule has 0 radical (unpaired) electrons. The first-order chi connectivity index (χ1) is 12.2. The van der Waals surface area contributed by atoms with Gasteiger partial charge in [0.15, 0.2) is 0 Å². The van der Waals surface area contributed by atoms with Gasteiger partial charge >= 0.3 is 0 Å². The van der Waals surface area contributed by atoms with E-state index in [1.54, 1.807) is 12.3 Å². The predicted octanol–water partition coefficient (Wildman–Crippen LogP) is 2.46. The highest BCUT2D eigenvalue weighted by molar-refractivity contribution is 5.76. The molecule has 1 fully saturated rings. The van der Waals surface area contributed by atoms with E-state index < -0.39 is 0 Å². The van der Waals surface area contributed by atoms with E-state index in [2.05, 4.69) is 40.1 Å². The predicted molar refractivity (Wildman–Crippen MR) is 102 cm³/mol. The molecular formula is C20H25N5. The van der Waals surface area contributed by atoms with Crippen molar-refractivity contribution in [2.24, 2.45) is 0 Å². The first-order valence-electron chi connectivity index (χ1n) is 8.79. The average Bonchev–Trinajstić information content (AvgIpc) is 2.94. The van der Waals surface area contributed by atoms with Crippen molar-refractivity contribution >= 4 is 11.4 Å². The number of rotatable bonds is 3. The number of nitrogens with two attached hydrogens (primary N) is 1. The van der Waals surface area contributed by atoms with Crippen molar-refractivity contribution in [3.63, 3.8) is 0 Å². The van der Waals surface area contributed by atoms with E-state index in [0.717, 1.165) is 55.9 Å². The van der Waals surface area contributed by atoms with Crippen molar-refractivity contribution in [3.05, 3.63) is 53.3 Å². The lowest BCUT2D eigenvalue weighted by atomic mass is 9.99. The highest BCUT2D eigenvalue weighted by Gasteiger charge is 2.15. The van der Waals surface area contributed by atoms with Crippen LogP contribution in [0.3, 0.4) is 0 Å². The van der Waals surface area contributed by atoms with Crippen molar-refractivity contribution in [1.82, 2.24) is 14.8 Å². The Morgan fingerprint density at radius 2 is 2.12 bits per heavy atom. The van der Waals surface area contributed by atoms with E-state index in [1.165, 1.54) is 12.0 Å². The Bertz CT molecular complexity index is 736. The first kappa shape index (κ1) is 17.4. The van der Waals surface area contributed by atoms with Gasteiger partial charge in [-0.1, -0.05) is 12.2 Å². The van der Waals surface area contributed by atoms with Gasteiger partial charge in [0, 0.05) is 25.8 Å². The van der Waals surface area contributed by atoms with Crippen molar-refractivity contribution < 1.29 is 0 Å².